The molecule has 0 saturated carbocycles. The quantitative estimate of drug-likeness (QED) is 0.878. The zero-order valence-electron chi connectivity index (χ0n) is 13.0. The van der Waals surface area contributed by atoms with E-state index in [0.29, 0.717) is 5.41 Å². The van der Waals surface area contributed by atoms with Crippen LogP contribution in [0.15, 0.2) is 36.4 Å². The van der Waals surface area contributed by atoms with Gasteiger partial charge in [-0.2, -0.15) is 0 Å². The van der Waals surface area contributed by atoms with Gasteiger partial charge in [0.15, 0.2) is 0 Å². The minimum Gasteiger partial charge on any atom is -0.316 e. The topological polar surface area (TPSA) is 12.0 Å². The van der Waals surface area contributed by atoms with E-state index in [4.69, 9.17) is 0 Å². The third-order valence-corrected chi connectivity index (χ3v) is 5.56. The zero-order valence-corrected chi connectivity index (χ0v) is 13.0. The van der Waals surface area contributed by atoms with Crippen molar-refractivity contribution < 1.29 is 0 Å². The van der Waals surface area contributed by atoms with Gasteiger partial charge in [-0.3, -0.25) is 0 Å². The highest BCUT2D eigenvalue weighted by atomic mass is 14.8. The van der Waals surface area contributed by atoms with Crippen molar-refractivity contribution in [2.75, 3.05) is 7.05 Å². The Morgan fingerprint density at radius 2 is 1.62 bits per heavy atom. The minimum absolute atomic E-state index is 0.295. The van der Waals surface area contributed by atoms with Crippen LogP contribution in [0.1, 0.15) is 46.2 Å². The number of hydrogen-bond donors (Lipinski definition) is 1. The molecule has 2 aliphatic rings. The Morgan fingerprint density at radius 3 is 2.33 bits per heavy atom. The summed E-state index contributed by atoms with van der Waals surface area (Å²) in [6.45, 7) is 3.27. The molecule has 1 heteroatoms. The fourth-order valence-electron chi connectivity index (χ4n) is 4.88. The molecule has 1 N–H and O–H groups in total. The summed E-state index contributed by atoms with van der Waals surface area (Å²) in [5.41, 5.74) is 9.74. The third-order valence-electron chi connectivity index (χ3n) is 5.56. The van der Waals surface area contributed by atoms with Crippen LogP contribution in [0.5, 0.6) is 0 Å². The van der Waals surface area contributed by atoms with Gasteiger partial charge in [0.2, 0.25) is 0 Å². The molecule has 0 fully saturated rings. The Bertz CT molecular complexity index is 697. The van der Waals surface area contributed by atoms with Gasteiger partial charge in [-0.15, -0.1) is 0 Å². The van der Waals surface area contributed by atoms with E-state index in [1.54, 1.807) is 22.3 Å². The van der Waals surface area contributed by atoms with E-state index >= 15 is 0 Å². The maximum absolute atomic E-state index is 3.36. The monoisotopic (exact) mass is 277 g/mol. The fraction of sp³-hybridized carbons (Fsp3) is 0.400. The predicted molar refractivity (Wildman–Crippen MR) is 87.8 cm³/mol. The van der Waals surface area contributed by atoms with E-state index in [-0.39, 0.29) is 0 Å². The van der Waals surface area contributed by atoms with Gasteiger partial charge in [-0.25, -0.2) is 0 Å². The largest absolute Gasteiger partial charge is 0.316 e. The van der Waals surface area contributed by atoms with E-state index in [9.17, 15) is 0 Å². The maximum Gasteiger partial charge on any atom is 0.0220 e. The van der Waals surface area contributed by atoms with Gasteiger partial charge in [0.1, 0.15) is 0 Å². The zero-order chi connectivity index (χ0) is 14.4. The van der Waals surface area contributed by atoms with Gasteiger partial charge in [0.05, 0.1) is 0 Å². The van der Waals surface area contributed by atoms with Crippen LogP contribution in [0, 0.1) is 6.92 Å². The first kappa shape index (κ1) is 13.1. The Hall–Kier alpha value is -1.60. The molecule has 2 aromatic carbocycles. The molecule has 0 aromatic heterocycles. The van der Waals surface area contributed by atoms with Gasteiger partial charge in [0.25, 0.3) is 0 Å². The van der Waals surface area contributed by atoms with Gasteiger partial charge in [-0.05, 0) is 73.0 Å². The first-order valence-electron chi connectivity index (χ1n) is 8.11. The Kier molecular flexibility index (Phi) is 2.93. The first-order valence-corrected chi connectivity index (χ1v) is 8.11. The van der Waals surface area contributed by atoms with Crippen LogP contribution >= 0.6 is 0 Å². The number of nitrogens with one attached hydrogen (secondary N) is 1. The molecule has 1 atom stereocenters. The van der Waals surface area contributed by atoms with E-state index in [1.807, 2.05) is 0 Å². The highest BCUT2D eigenvalue weighted by Crippen LogP contribution is 2.54. The summed E-state index contributed by atoms with van der Waals surface area (Å²) >= 11 is 0. The van der Waals surface area contributed by atoms with E-state index in [1.165, 1.54) is 36.8 Å². The third kappa shape index (κ3) is 1.74. The SMILES string of the molecule is CNCc1cccc2c1[C@@]1(CCc3cccc(C)c31)CC2. The number of aryl methyl sites for hydroxylation is 3. The van der Waals surface area contributed by atoms with Crippen molar-refractivity contribution in [2.45, 2.75) is 44.6 Å². The standard InChI is InChI=1S/C20H23N/c1-14-5-3-6-15-9-11-20(18(14)15)12-10-16-7-4-8-17(13-21-2)19(16)20/h3-8,21H,9-13H2,1-2H3/t20-/m0/s1. The molecule has 4 rings (SSSR count). The summed E-state index contributed by atoms with van der Waals surface area (Å²) in [7, 11) is 2.05. The molecule has 2 aromatic rings. The van der Waals surface area contributed by atoms with Crippen molar-refractivity contribution in [1.29, 1.82) is 0 Å². The smallest absolute Gasteiger partial charge is 0.0220 e. The summed E-state index contributed by atoms with van der Waals surface area (Å²) < 4.78 is 0. The highest BCUT2D eigenvalue weighted by Gasteiger charge is 2.46. The van der Waals surface area contributed by atoms with Crippen LogP contribution in [0.25, 0.3) is 0 Å². The molecule has 0 saturated heterocycles. The van der Waals surface area contributed by atoms with Crippen LogP contribution < -0.4 is 5.32 Å². The van der Waals surface area contributed by atoms with Crippen LogP contribution in [0.4, 0.5) is 0 Å². The Morgan fingerprint density at radius 1 is 0.952 bits per heavy atom. The van der Waals surface area contributed by atoms with Crippen molar-refractivity contribution in [3.05, 3.63) is 69.8 Å². The summed E-state index contributed by atoms with van der Waals surface area (Å²) in [6, 6.07) is 13.8. The van der Waals surface area contributed by atoms with Gasteiger partial charge >= 0.3 is 0 Å². The predicted octanol–water partition coefficient (Wildman–Crippen LogP) is 3.89. The van der Waals surface area contributed by atoms with E-state index in [0.717, 1.165) is 6.54 Å². The van der Waals surface area contributed by atoms with Crippen molar-refractivity contribution in [3.63, 3.8) is 0 Å². The highest BCUT2D eigenvalue weighted by molar-refractivity contribution is 5.58. The van der Waals surface area contributed by atoms with Crippen LogP contribution in [-0.4, -0.2) is 7.05 Å². The first-order chi connectivity index (χ1) is 10.3. The summed E-state index contributed by atoms with van der Waals surface area (Å²) in [5, 5.41) is 3.36. The molecule has 0 bridgehead atoms. The second kappa shape index (κ2) is 4.71. The van der Waals surface area contributed by atoms with Crippen LogP contribution in [0.2, 0.25) is 0 Å². The molecule has 1 spiro atoms. The van der Waals surface area contributed by atoms with E-state index in [2.05, 4.69) is 55.7 Å². The Labute approximate surface area is 127 Å². The molecule has 0 unspecified atom stereocenters. The molecule has 0 aliphatic heterocycles. The molecular formula is C20H23N. The summed E-state index contributed by atoms with van der Waals surface area (Å²) in [5.74, 6) is 0. The molecule has 0 radical (unpaired) electrons. The number of rotatable bonds is 2. The summed E-state index contributed by atoms with van der Waals surface area (Å²) in [4.78, 5) is 0. The van der Waals surface area contributed by atoms with Gasteiger partial charge in [0, 0.05) is 12.0 Å². The van der Waals surface area contributed by atoms with Crippen LogP contribution in [0.3, 0.4) is 0 Å². The Balaban J connectivity index is 1.97. The van der Waals surface area contributed by atoms with Crippen molar-refractivity contribution in [3.8, 4) is 0 Å². The molecule has 0 amide bonds. The molecule has 21 heavy (non-hydrogen) atoms. The lowest BCUT2D eigenvalue weighted by Crippen LogP contribution is -2.25. The lowest BCUT2D eigenvalue weighted by molar-refractivity contribution is 0.500. The molecular weight excluding hydrogens is 254 g/mol. The minimum atomic E-state index is 0.295. The number of hydrogen-bond acceptors (Lipinski definition) is 1. The maximum atomic E-state index is 3.36. The van der Waals surface area contributed by atoms with Crippen molar-refractivity contribution >= 4 is 0 Å². The normalized spacial score (nSPS) is 22.6. The lowest BCUT2D eigenvalue weighted by Gasteiger charge is -2.30. The molecule has 1 nitrogen and oxygen atoms in total. The second-order valence-electron chi connectivity index (χ2n) is 6.67. The summed E-state index contributed by atoms with van der Waals surface area (Å²) in [6.07, 6.45) is 5.06. The number of fused-ring (bicyclic) bond motifs is 4. The van der Waals surface area contributed by atoms with Crippen molar-refractivity contribution in [2.24, 2.45) is 0 Å². The van der Waals surface area contributed by atoms with Gasteiger partial charge in [-0.1, -0.05) is 36.4 Å². The molecule has 108 valence electrons. The average Bonchev–Trinajstić information content (AvgIpc) is 3.05. The average molecular weight is 277 g/mol. The van der Waals surface area contributed by atoms with E-state index < -0.39 is 0 Å². The second-order valence-corrected chi connectivity index (χ2v) is 6.67. The number of benzene rings is 2. The lowest BCUT2D eigenvalue weighted by atomic mass is 9.73. The van der Waals surface area contributed by atoms with Crippen LogP contribution in [-0.2, 0) is 24.8 Å². The molecule has 2 aliphatic carbocycles. The fourth-order valence-corrected chi connectivity index (χ4v) is 4.88. The van der Waals surface area contributed by atoms with Crippen molar-refractivity contribution in [1.82, 2.24) is 5.32 Å². The van der Waals surface area contributed by atoms with Gasteiger partial charge < -0.3 is 5.32 Å². The molecule has 0 heterocycles.